The number of hydrogen-bond acceptors (Lipinski definition) is 4. The molecule has 0 aromatic heterocycles. The van der Waals surface area contributed by atoms with Gasteiger partial charge in [0.25, 0.3) is 0 Å². The van der Waals surface area contributed by atoms with Crippen molar-refractivity contribution >= 4 is 11.8 Å². The molecule has 0 spiro atoms. The molecule has 1 N–H and O–H groups in total. The zero-order chi connectivity index (χ0) is 8.27. The number of carbonyl (C=O) groups is 2. The summed E-state index contributed by atoms with van der Waals surface area (Å²) in [5.74, 6) is -0.249. The quantitative estimate of drug-likeness (QED) is 0.548. The van der Waals surface area contributed by atoms with Gasteiger partial charge in [-0.1, -0.05) is 0 Å². The molecule has 1 aliphatic heterocycles. The molecule has 4 nitrogen and oxygen atoms in total. The largest absolute Gasteiger partial charge is 0.465 e. The van der Waals surface area contributed by atoms with Crippen LogP contribution in [-0.4, -0.2) is 30.9 Å². The van der Waals surface area contributed by atoms with E-state index in [-0.39, 0.29) is 18.2 Å². The first kappa shape index (κ1) is 8.20. The maximum Gasteiger partial charge on any atom is 0.323 e. The van der Waals surface area contributed by atoms with Gasteiger partial charge in [-0.2, -0.15) is 0 Å². The van der Waals surface area contributed by atoms with Crippen LogP contribution in [0.2, 0.25) is 0 Å². The normalized spacial score (nSPS) is 23.7. The van der Waals surface area contributed by atoms with E-state index < -0.39 is 6.04 Å². The van der Waals surface area contributed by atoms with Crippen LogP contribution in [0.25, 0.3) is 0 Å². The van der Waals surface area contributed by atoms with Crippen LogP contribution in [-0.2, 0) is 14.3 Å². The maximum absolute atomic E-state index is 11.0. The number of carbonyl (C=O) groups excluding carboxylic acids is 2. The predicted octanol–water partition coefficient (Wildman–Crippen LogP) is -0.520. The zero-order valence-corrected chi connectivity index (χ0v) is 6.42. The van der Waals surface area contributed by atoms with E-state index in [1.165, 1.54) is 0 Å². The number of Topliss-reactive ketones (excluding diaryl/α,β-unsaturated/α-hetero) is 1. The summed E-state index contributed by atoms with van der Waals surface area (Å²) in [7, 11) is 0. The van der Waals surface area contributed by atoms with E-state index in [0.717, 1.165) is 0 Å². The lowest BCUT2D eigenvalue weighted by Crippen LogP contribution is -2.32. The molecule has 0 radical (unpaired) electrons. The summed E-state index contributed by atoms with van der Waals surface area (Å²) in [4.78, 5) is 21.6. The van der Waals surface area contributed by atoms with E-state index in [4.69, 9.17) is 4.74 Å². The molecule has 11 heavy (non-hydrogen) atoms. The predicted molar refractivity (Wildman–Crippen MR) is 38.0 cm³/mol. The van der Waals surface area contributed by atoms with Crippen LogP contribution in [0.3, 0.4) is 0 Å². The van der Waals surface area contributed by atoms with Crippen molar-refractivity contribution in [3.8, 4) is 0 Å². The Kier molecular flexibility index (Phi) is 2.59. The smallest absolute Gasteiger partial charge is 0.323 e. The summed E-state index contributed by atoms with van der Waals surface area (Å²) in [6, 6.07) is -0.401. The van der Waals surface area contributed by atoms with Gasteiger partial charge in [0.05, 0.1) is 13.2 Å². The first-order valence-electron chi connectivity index (χ1n) is 3.65. The van der Waals surface area contributed by atoms with Crippen molar-refractivity contribution in [3.63, 3.8) is 0 Å². The molecule has 62 valence electrons. The molecule has 0 aromatic carbocycles. The van der Waals surface area contributed by atoms with Crippen molar-refractivity contribution in [3.05, 3.63) is 0 Å². The van der Waals surface area contributed by atoms with Crippen molar-refractivity contribution in [1.82, 2.24) is 5.32 Å². The third kappa shape index (κ3) is 2.01. The second kappa shape index (κ2) is 3.48. The van der Waals surface area contributed by atoms with Crippen molar-refractivity contribution in [2.24, 2.45) is 0 Å². The lowest BCUT2D eigenvalue weighted by atomic mass is 10.2. The fourth-order valence-electron chi connectivity index (χ4n) is 1.02. The molecular weight excluding hydrogens is 146 g/mol. The van der Waals surface area contributed by atoms with Crippen LogP contribution >= 0.6 is 0 Å². The highest BCUT2D eigenvalue weighted by atomic mass is 16.5. The average Bonchev–Trinajstić information content (AvgIpc) is 2.36. The van der Waals surface area contributed by atoms with Crippen LogP contribution in [0.15, 0.2) is 0 Å². The fourth-order valence-corrected chi connectivity index (χ4v) is 1.02. The number of ether oxygens (including phenoxy) is 1. The van der Waals surface area contributed by atoms with E-state index in [0.29, 0.717) is 13.2 Å². The van der Waals surface area contributed by atoms with Gasteiger partial charge in [0, 0.05) is 6.42 Å². The van der Waals surface area contributed by atoms with E-state index in [9.17, 15) is 9.59 Å². The van der Waals surface area contributed by atoms with E-state index in [1.54, 1.807) is 6.92 Å². The van der Waals surface area contributed by atoms with Gasteiger partial charge < -0.3 is 4.74 Å². The van der Waals surface area contributed by atoms with Gasteiger partial charge in [-0.05, 0) is 6.92 Å². The number of ketones is 1. The van der Waals surface area contributed by atoms with Gasteiger partial charge in [0.15, 0.2) is 0 Å². The highest BCUT2D eigenvalue weighted by Gasteiger charge is 2.28. The number of esters is 1. The first-order chi connectivity index (χ1) is 5.24. The molecule has 1 atom stereocenters. The van der Waals surface area contributed by atoms with Crippen LogP contribution in [0, 0.1) is 0 Å². The van der Waals surface area contributed by atoms with Gasteiger partial charge in [0.2, 0.25) is 0 Å². The second-order valence-corrected chi connectivity index (χ2v) is 2.43. The molecule has 1 heterocycles. The SMILES string of the molecule is CCOC(=O)C1CC(=O)CN1. The molecular formula is C7H11NO3. The van der Waals surface area contributed by atoms with E-state index in [1.807, 2.05) is 0 Å². The fraction of sp³-hybridized carbons (Fsp3) is 0.714. The van der Waals surface area contributed by atoms with Crippen LogP contribution in [0.4, 0.5) is 0 Å². The van der Waals surface area contributed by atoms with Crippen molar-refractivity contribution < 1.29 is 14.3 Å². The zero-order valence-electron chi connectivity index (χ0n) is 6.42. The Morgan fingerprint density at radius 3 is 3.00 bits per heavy atom. The van der Waals surface area contributed by atoms with Crippen molar-refractivity contribution in [1.29, 1.82) is 0 Å². The van der Waals surface area contributed by atoms with E-state index >= 15 is 0 Å². The maximum atomic E-state index is 11.0. The molecule has 1 saturated heterocycles. The summed E-state index contributed by atoms with van der Waals surface area (Å²) in [6.45, 7) is 2.41. The Morgan fingerprint density at radius 1 is 1.82 bits per heavy atom. The third-order valence-electron chi connectivity index (χ3n) is 1.55. The Balaban J connectivity index is 2.37. The molecule has 1 rings (SSSR count). The average molecular weight is 157 g/mol. The minimum absolute atomic E-state index is 0.0723. The Hall–Kier alpha value is -0.900. The van der Waals surface area contributed by atoms with Gasteiger partial charge in [-0.15, -0.1) is 0 Å². The third-order valence-corrected chi connectivity index (χ3v) is 1.55. The monoisotopic (exact) mass is 157 g/mol. The molecule has 0 aromatic rings. The van der Waals surface area contributed by atoms with Crippen LogP contribution < -0.4 is 5.32 Å². The molecule has 0 amide bonds. The topological polar surface area (TPSA) is 55.4 Å². The Morgan fingerprint density at radius 2 is 2.55 bits per heavy atom. The van der Waals surface area contributed by atoms with Crippen LogP contribution in [0.1, 0.15) is 13.3 Å². The lowest BCUT2D eigenvalue weighted by molar-refractivity contribution is -0.145. The highest BCUT2D eigenvalue weighted by Crippen LogP contribution is 2.02. The summed E-state index contributed by atoms with van der Waals surface area (Å²) < 4.78 is 4.72. The molecule has 0 bridgehead atoms. The van der Waals surface area contributed by atoms with Crippen molar-refractivity contribution in [2.75, 3.05) is 13.2 Å². The lowest BCUT2D eigenvalue weighted by Gasteiger charge is -2.06. The van der Waals surface area contributed by atoms with E-state index in [2.05, 4.69) is 5.32 Å². The molecule has 1 fully saturated rings. The highest BCUT2D eigenvalue weighted by molar-refractivity contribution is 5.91. The summed E-state index contributed by atoms with van der Waals surface area (Å²) in [5.41, 5.74) is 0. The Bertz CT molecular complexity index is 179. The van der Waals surface area contributed by atoms with Gasteiger partial charge in [-0.3, -0.25) is 14.9 Å². The minimum atomic E-state index is -0.401. The molecule has 1 aliphatic rings. The molecule has 1 unspecified atom stereocenters. The summed E-state index contributed by atoms with van der Waals surface area (Å²) in [5, 5.41) is 2.77. The van der Waals surface area contributed by atoms with Crippen LogP contribution in [0.5, 0.6) is 0 Å². The number of hydrogen-bond donors (Lipinski definition) is 1. The van der Waals surface area contributed by atoms with Gasteiger partial charge in [-0.25, -0.2) is 0 Å². The van der Waals surface area contributed by atoms with Crippen molar-refractivity contribution in [2.45, 2.75) is 19.4 Å². The molecule has 4 heteroatoms. The Labute approximate surface area is 64.9 Å². The summed E-state index contributed by atoms with van der Waals surface area (Å²) in [6.07, 6.45) is 0.277. The second-order valence-electron chi connectivity index (χ2n) is 2.43. The van der Waals surface area contributed by atoms with Gasteiger partial charge >= 0.3 is 5.97 Å². The molecule has 0 aliphatic carbocycles. The standard InChI is InChI=1S/C7H11NO3/c1-2-11-7(10)6-3-5(9)4-8-6/h6,8H,2-4H2,1H3. The minimum Gasteiger partial charge on any atom is -0.465 e. The number of nitrogens with one attached hydrogen (secondary N) is 1. The number of rotatable bonds is 2. The first-order valence-corrected chi connectivity index (χ1v) is 3.65. The van der Waals surface area contributed by atoms with Gasteiger partial charge in [0.1, 0.15) is 11.8 Å². The molecule has 0 saturated carbocycles. The summed E-state index contributed by atoms with van der Waals surface area (Å²) >= 11 is 0.